The quantitative estimate of drug-likeness (QED) is 0.875. The van der Waals surface area contributed by atoms with Crippen LogP contribution in [0.2, 0.25) is 0 Å². The molecule has 0 unspecified atom stereocenters. The van der Waals surface area contributed by atoms with Gasteiger partial charge in [0.15, 0.2) is 0 Å². The second kappa shape index (κ2) is 7.95. The Kier molecular flexibility index (Phi) is 5.70. The summed E-state index contributed by atoms with van der Waals surface area (Å²) in [4.78, 5) is 2.39. The van der Waals surface area contributed by atoms with E-state index in [-0.39, 0.29) is 0 Å². The van der Waals surface area contributed by atoms with Crippen LogP contribution < -0.4 is 16.0 Å². The molecule has 4 heteroatoms. The molecule has 1 saturated carbocycles. The first-order valence-corrected chi connectivity index (χ1v) is 8.69. The standard InChI is InChI=1S/C18H29N3O/c19-17-5-1-15(2-6-17)13-20-14-16-3-7-18(8-4-16)21-9-11-22-12-10-21/h3-4,7-8,15,17,20H,1-2,5-6,9-14,19H2. The highest BCUT2D eigenvalue weighted by Gasteiger charge is 2.17. The minimum absolute atomic E-state index is 0.448. The molecule has 1 aliphatic heterocycles. The predicted octanol–water partition coefficient (Wildman–Crippen LogP) is 2.13. The Morgan fingerprint density at radius 3 is 2.41 bits per heavy atom. The van der Waals surface area contributed by atoms with E-state index < -0.39 is 0 Å². The van der Waals surface area contributed by atoms with Gasteiger partial charge in [0.1, 0.15) is 0 Å². The molecule has 4 nitrogen and oxygen atoms in total. The van der Waals surface area contributed by atoms with Crippen molar-refractivity contribution < 1.29 is 4.74 Å². The maximum atomic E-state index is 5.96. The zero-order valence-electron chi connectivity index (χ0n) is 13.5. The number of hydrogen-bond acceptors (Lipinski definition) is 4. The van der Waals surface area contributed by atoms with Crippen LogP contribution in [0.1, 0.15) is 31.2 Å². The summed E-state index contributed by atoms with van der Waals surface area (Å²) >= 11 is 0. The third-order valence-electron chi connectivity index (χ3n) is 4.97. The van der Waals surface area contributed by atoms with E-state index in [0.29, 0.717) is 6.04 Å². The predicted molar refractivity (Wildman–Crippen MR) is 91.1 cm³/mol. The Hall–Kier alpha value is -1.10. The minimum atomic E-state index is 0.448. The Balaban J connectivity index is 1.41. The fourth-order valence-corrected chi connectivity index (χ4v) is 3.46. The Morgan fingerprint density at radius 1 is 1.05 bits per heavy atom. The first kappa shape index (κ1) is 15.8. The fraction of sp³-hybridized carbons (Fsp3) is 0.667. The van der Waals surface area contributed by atoms with Crippen LogP contribution in [0, 0.1) is 5.92 Å². The number of benzene rings is 1. The molecule has 122 valence electrons. The normalized spacial score (nSPS) is 26.1. The fourth-order valence-electron chi connectivity index (χ4n) is 3.46. The maximum absolute atomic E-state index is 5.96. The maximum Gasteiger partial charge on any atom is 0.0642 e. The van der Waals surface area contributed by atoms with E-state index in [1.165, 1.54) is 36.9 Å². The lowest BCUT2D eigenvalue weighted by molar-refractivity contribution is 0.122. The van der Waals surface area contributed by atoms with Gasteiger partial charge in [-0.05, 0) is 55.8 Å². The average Bonchev–Trinajstić information content (AvgIpc) is 2.58. The number of nitrogens with zero attached hydrogens (tertiary/aromatic N) is 1. The van der Waals surface area contributed by atoms with Gasteiger partial charge in [-0.25, -0.2) is 0 Å². The lowest BCUT2D eigenvalue weighted by Crippen LogP contribution is -2.36. The molecule has 0 bridgehead atoms. The zero-order chi connectivity index (χ0) is 15.2. The van der Waals surface area contributed by atoms with Crippen molar-refractivity contribution in [2.75, 3.05) is 37.7 Å². The Labute approximate surface area is 134 Å². The van der Waals surface area contributed by atoms with E-state index >= 15 is 0 Å². The highest BCUT2D eigenvalue weighted by atomic mass is 16.5. The second-order valence-electron chi connectivity index (χ2n) is 6.68. The van der Waals surface area contributed by atoms with Gasteiger partial charge in [-0.15, -0.1) is 0 Å². The molecule has 1 saturated heterocycles. The van der Waals surface area contributed by atoms with Gasteiger partial charge in [0, 0.05) is 31.4 Å². The van der Waals surface area contributed by atoms with E-state index in [1.807, 2.05) is 0 Å². The lowest BCUT2D eigenvalue weighted by Gasteiger charge is -2.29. The topological polar surface area (TPSA) is 50.5 Å². The van der Waals surface area contributed by atoms with Gasteiger partial charge < -0.3 is 20.7 Å². The number of hydrogen-bond donors (Lipinski definition) is 2. The summed E-state index contributed by atoms with van der Waals surface area (Å²) in [5, 5.41) is 3.61. The summed E-state index contributed by atoms with van der Waals surface area (Å²) in [6.45, 7) is 5.77. The summed E-state index contributed by atoms with van der Waals surface area (Å²) in [5.41, 5.74) is 8.64. The highest BCUT2D eigenvalue weighted by Crippen LogP contribution is 2.22. The van der Waals surface area contributed by atoms with Crippen molar-refractivity contribution in [3.8, 4) is 0 Å². The molecule has 2 aliphatic rings. The van der Waals surface area contributed by atoms with Crippen LogP contribution >= 0.6 is 0 Å². The molecule has 0 atom stereocenters. The summed E-state index contributed by atoms with van der Waals surface area (Å²) in [6.07, 6.45) is 4.95. The molecule has 1 aromatic rings. The van der Waals surface area contributed by atoms with Gasteiger partial charge in [-0.3, -0.25) is 0 Å². The minimum Gasteiger partial charge on any atom is -0.378 e. The van der Waals surface area contributed by atoms with Crippen LogP contribution in [0.15, 0.2) is 24.3 Å². The molecule has 3 rings (SSSR count). The Morgan fingerprint density at radius 2 is 1.73 bits per heavy atom. The first-order chi connectivity index (χ1) is 10.8. The van der Waals surface area contributed by atoms with Gasteiger partial charge in [0.25, 0.3) is 0 Å². The number of morpholine rings is 1. The van der Waals surface area contributed by atoms with Crippen molar-refractivity contribution in [1.29, 1.82) is 0 Å². The van der Waals surface area contributed by atoms with Crippen LogP contribution in [-0.4, -0.2) is 38.9 Å². The van der Waals surface area contributed by atoms with E-state index in [2.05, 4.69) is 34.5 Å². The third kappa shape index (κ3) is 4.45. The number of nitrogens with one attached hydrogen (secondary N) is 1. The molecule has 1 aromatic carbocycles. The number of ether oxygens (including phenoxy) is 1. The number of anilines is 1. The van der Waals surface area contributed by atoms with Crippen LogP contribution in [0.5, 0.6) is 0 Å². The van der Waals surface area contributed by atoms with E-state index in [9.17, 15) is 0 Å². The average molecular weight is 303 g/mol. The summed E-state index contributed by atoms with van der Waals surface area (Å²) < 4.78 is 5.40. The number of nitrogens with two attached hydrogens (primary N) is 1. The first-order valence-electron chi connectivity index (χ1n) is 8.69. The van der Waals surface area contributed by atoms with Gasteiger partial charge in [0.05, 0.1) is 13.2 Å². The SMILES string of the molecule is NC1CCC(CNCc2ccc(N3CCOCC3)cc2)CC1. The van der Waals surface area contributed by atoms with Gasteiger partial charge >= 0.3 is 0 Å². The molecule has 1 heterocycles. The molecular weight excluding hydrogens is 274 g/mol. The molecule has 0 spiro atoms. The van der Waals surface area contributed by atoms with E-state index in [1.54, 1.807) is 0 Å². The highest BCUT2D eigenvalue weighted by molar-refractivity contribution is 5.47. The van der Waals surface area contributed by atoms with Crippen molar-refractivity contribution >= 4 is 5.69 Å². The third-order valence-corrected chi connectivity index (χ3v) is 4.97. The van der Waals surface area contributed by atoms with Crippen molar-refractivity contribution in [2.45, 2.75) is 38.3 Å². The smallest absolute Gasteiger partial charge is 0.0642 e. The largest absolute Gasteiger partial charge is 0.378 e. The molecule has 22 heavy (non-hydrogen) atoms. The van der Waals surface area contributed by atoms with E-state index in [0.717, 1.165) is 45.3 Å². The van der Waals surface area contributed by atoms with Crippen molar-refractivity contribution in [2.24, 2.45) is 11.7 Å². The number of rotatable bonds is 5. The molecule has 3 N–H and O–H groups in total. The van der Waals surface area contributed by atoms with Gasteiger partial charge in [0.2, 0.25) is 0 Å². The van der Waals surface area contributed by atoms with Crippen LogP contribution in [0.4, 0.5) is 5.69 Å². The summed E-state index contributed by atoms with van der Waals surface area (Å²) in [6, 6.07) is 9.41. The molecule has 2 fully saturated rings. The van der Waals surface area contributed by atoms with Crippen molar-refractivity contribution in [1.82, 2.24) is 5.32 Å². The van der Waals surface area contributed by atoms with Crippen LogP contribution in [0.25, 0.3) is 0 Å². The molecule has 0 aromatic heterocycles. The van der Waals surface area contributed by atoms with Crippen LogP contribution in [-0.2, 0) is 11.3 Å². The van der Waals surface area contributed by atoms with Gasteiger partial charge in [-0.1, -0.05) is 12.1 Å². The summed E-state index contributed by atoms with van der Waals surface area (Å²) in [5.74, 6) is 0.812. The lowest BCUT2D eigenvalue weighted by atomic mass is 9.86. The summed E-state index contributed by atoms with van der Waals surface area (Å²) in [7, 11) is 0. The zero-order valence-corrected chi connectivity index (χ0v) is 13.5. The Bertz CT molecular complexity index is 434. The van der Waals surface area contributed by atoms with Crippen molar-refractivity contribution in [3.63, 3.8) is 0 Å². The molecular formula is C18H29N3O. The van der Waals surface area contributed by atoms with Crippen LogP contribution in [0.3, 0.4) is 0 Å². The molecule has 1 aliphatic carbocycles. The second-order valence-corrected chi connectivity index (χ2v) is 6.68. The molecule has 0 amide bonds. The monoisotopic (exact) mass is 303 g/mol. The van der Waals surface area contributed by atoms with Gasteiger partial charge in [-0.2, -0.15) is 0 Å². The molecule has 0 radical (unpaired) electrons. The van der Waals surface area contributed by atoms with E-state index in [4.69, 9.17) is 10.5 Å². The van der Waals surface area contributed by atoms with Crippen molar-refractivity contribution in [3.05, 3.63) is 29.8 Å².